The fourth-order valence-electron chi connectivity index (χ4n) is 2.33. The van der Waals surface area contributed by atoms with Crippen LogP contribution in [0.5, 0.6) is 0 Å². The predicted molar refractivity (Wildman–Crippen MR) is 94.4 cm³/mol. The van der Waals surface area contributed by atoms with Crippen molar-refractivity contribution < 1.29 is 14.8 Å². The van der Waals surface area contributed by atoms with Crippen molar-refractivity contribution in [3.05, 3.63) is 0 Å². The van der Waals surface area contributed by atoms with Gasteiger partial charge in [-0.3, -0.25) is 25.2 Å². The number of hydrogen-bond acceptors (Lipinski definition) is 8. The van der Waals surface area contributed by atoms with Gasteiger partial charge >= 0.3 is 0 Å². The first kappa shape index (κ1) is 21.0. The van der Waals surface area contributed by atoms with Crippen molar-refractivity contribution in [3.8, 4) is 0 Å². The summed E-state index contributed by atoms with van der Waals surface area (Å²) >= 11 is 0. The molecule has 0 aliphatic carbocycles. The molecule has 1 aliphatic heterocycles. The number of carbonyl (C=O) groups excluding carboxylic acids is 2. The largest absolute Gasteiger partial charge is 0.288 e. The molecule has 0 saturated carbocycles. The Hall–Kier alpha value is -2.04. The maximum absolute atomic E-state index is 12.4. The fraction of sp³-hybridized carbons (Fsp3) is 0.733. The molecule has 0 bridgehead atoms. The minimum absolute atomic E-state index is 0.0469. The van der Waals surface area contributed by atoms with E-state index in [1.165, 1.54) is 6.34 Å². The second kappa shape index (κ2) is 11.5. The van der Waals surface area contributed by atoms with Crippen LogP contribution in [0, 0.1) is 5.92 Å². The summed E-state index contributed by atoms with van der Waals surface area (Å²) in [5.74, 6) is -0.804. The highest BCUT2D eigenvalue weighted by Gasteiger charge is 2.24. The van der Waals surface area contributed by atoms with Gasteiger partial charge in [0.05, 0.1) is 12.5 Å². The van der Waals surface area contributed by atoms with E-state index in [0.717, 1.165) is 25.8 Å². The quantitative estimate of drug-likeness (QED) is 0.199. The SMILES string of the molecule is CCCCC[C@H](CN(O)C=O)C(=O)NNC1N=CN=CN1N(C)CC. The molecule has 2 atom stereocenters. The molecule has 0 spiro atoms. The Morgan fingerprint density at radius 1 is 1.44 bits per heavy atom. The van der Waals surface area contributed by atoms with Gasteiger partial charge in [0.15, 0.2) is 0 Å². The summed E-state index contributed by atoms with van der Waals surface area (Å²) < 4.78 is 0. The van der Waals surface area contributed by atoms with Crippen molar-refractivity contribution in [1.82, 2.24) is 25.9 Å². The monoisotopic (exact) mass is 355 g/mol. The van der Waals surface area contributed by atoms with E-state index >= 15 is 0 Å². The Morgan fingerprint density at radius 2 is 2.20 bits per heavy atom. The molecule has 0 aromatic heterocycles. The van der Waals surface area contributed by atoms with E-state index in [0.29, 0.717) is 17.9 Å². The highest BCUT2D eigenvalue weighted by atomic mass is 16.5. The summed E-state index contributed by atoms with van der Waals surface area (Å²) in [4.78, 5) is 31.2. The number of rotatable bonds is 12. The van der Waals surface area contributed by atoms with E-state index in [-0.39, 0.29) is 12.5 Å². The van der Waals surface area contributed by atoms with Crippen LogP contribution < -0.4 is 10.9 Å². The van der Waals surface area contributed by atoms with E-state index in [9.17, 15) is 14.8 Å². The number of nitrogens with one attached hydrogen (secondary N) is 2. The number of aliphatic imine (C=N–C) groups is 2. The van der Waals surface area contributed by atoms with Crippen molar-refractivity contribution in [2.45, 2.75) is 45.8 Å². The van der Waals surface area contributed by atoms with Gasteiger partial charge < -0.3 is 0 Å². The average molecular weight is 355 g/mol. The summed E-state index contributed by atoms with van der Waals surface area (Å²) in [6.45, 7) is 4.75. The molecular weight excluding hydrogens is 326 g/mol. The molecule has 1 unspecified atom stereocenters. The number of nitrogens with zero attached hydrogens (tertiary/aromatic N) is 5. The summed E-state index contributed by atoms with van der Waals surface area (Å²) in [5, 5.41) is 13.5. The topological polar surface area (TPSA) is 113 Å². The maximum atomic E-state index is 12.4. The smallest absolute Gasteiger partial charge is 0.239 e. The predicted octanol–water partition coefficient (Wildman–Crippen LogP) is 0.174. The van der Waals surface area contributed by atoms with Gasteiger partial charge in [0.2, 0.25) is 18.6 Å². The van der Waals surface area contributed by atoms with Crippen molar-refractivity contribution in [2.75, 3.05) is 20.1 Å². The third-order valence-corrected chi connectivity index (χ3v) is 3.94. The lowest BCUT2D eigenvalue weighted by Crippen LogP contribution is -2.58. The van der Waals surface area contributed by atoms with Crippen LogP contribution in [-0.4, -0.2) is 71.7 Å². The molecule has 25 heavy (non-hydrogen) atoms. The molecule has 1 rings (SSSR count). The van der Waals surface area contributed by atoms with Crippen LogP contribution in [0.4, 0.5) is 0 Å². The Labute approximate surface area is 148 Å². The molecule has 2 amide bonds. The zero-order valence-electron chi connectivity index (χ0n) is 15.1. The van der Waals surface area contributed by atoms with Crippen molar-refractivity contribution in [3.63, 3.8) is 0 Å². The summed E-state index contributed by atoms with van der Waals surface area (Å²) in [6, 6.07) is 0. The standard InChI is InChI=1S/C15H29N7O3/c1-4-6-7-8-13(9-21(25)12-23)14(24)18-19-15-17-10-16-11-22(15)20(3)5-2/h10-13,15,19,25H,4-9H2,1-3H3,(H,18,24)/t13-,15?/m1/s1. The van der Waals surface area contributed by atoms with Crippen LogP contribution >= 0.6 is 0 Å². The highest BCUT2D eigenvalue weighted by molar-refractivity contribution is 5.79. The van der Waals surface area contributed by atoms with Gasteiger partial charge in [-0.15, -0.1) is 0 Å². The number of carbonyl (C=O) groups is 2. The molecule has 1 aliphatic rings. The van der Waals surface area contributed by atoms with Crippen molar-refractivity contribution >= 4 is 25.0 Å². The van der Waals surface area contributed by atoms with Crippen LogP contribution in [0.3, 0.4) is 0 Å². The minimum atomic E-state index is -0.515. The zero-order chi connectivity index (χ0) is 18.7. The van der Waals surface area contributed by atoms with Crippen LogP contribution in [0.15, 0.2) is 9.98 Å². The van der Waals surface area contributed by atoms with Crippen LogP contribution in [0.25, 0.3) is 0 Å². The van der Waals surface area contributed by atoms with Crippen LogP contribution in [0.1, 0.15) is 39.5 Å². The van der Waals surface area contributed by atoms with Gasteiger partial charge in [-0.05, 0) is 6.42 Å². The Bertz CT molecular complexity index is 472. The van der Waals surface area contributed by atoms with E-state index in [1.807, 2.05) is 19.0 Å². The molecule has 10 nitrogen and oxygen atoms in total. The van der Waals surface area contributed by atoms with E-state index in [4.69, 9.17) is 0 Å². The minimum Gasteiger partial charge on any atom is -0.288 e. The lowest BCUT2D eigenvalue weighted by Gasteiger charge is -2.35. The normalized spacial score (nSPS) is 17.6. The van der Waals surface area contributed by atoms with Gasteiger partial charge in [0, 0.05) is 13.6 Å². The first-order valence-corrected chi connectivity index (χ1v) is 8.53. The first-order valence-electron chi connectivity index (χ1n) is 8.53. The Morgan fingerprint density at radius 3 is 2.84 bits per heavy atom. The van der Waals surface area contributed by atoms with Gasteiger partial charge in [0.1, 0.15) is 12.7 Å². The molecule has 10 heteroatoms. The van der Waals surface area contributed by atoms with E-state index in [2.05, 4.69) is 27.8 Å². The first-order chi connectivity index (χ1) is 12.0. The summed E-state index contributed by atoms with van der Waals surface area (Å²) in [5.41, 5.74) is 5.49. The number of hydroxylamine groups is 2. The van der Waals surface area contributed by atoms with Crippen LogP contribution in [0.2, 0.25) is 0 Å². The molecule has 3 N–H and O–H groups in total. The third kappa shape index (κ3) is 7.16. The van der Waals surface area contributed by atoms with Crippen molar-refractivity contribution in [1.29, 1.82) is 0 Å². The molecule has 1 heterocycles. The number of amides is 2. The number of unbranched alkanes of at least 4 members (excludes halogenated alkanes) is 2. The fourth-order valence-corrected chi connectivity index (χ4v) is 2.33. The van der Waals surface area contributed by atoms with Gasteiger partial charge in [-0.1, -0.05) is 33.1 Å². The number of hydrazine groups is 2. The maximum Gasteiger partial charge on any atom is 0.239 e. The summed E-state index contributed by atoms with van der Waals surface area (Å²) in [6.07, 6.45) is 6.25. The molecule has 0 aromatic carbocycles. The Kier molecular flexibility index (Phi) is 9.66. The lowest BCUT2D eigenvalue weighted by atomic mass is 10.0. The second-order valence-corrected chi connectivity index (χ2v) is 5.81. The molecule has 0 fully saturated rings. The van der Waals surface area contributed by atoms with Gasteiger partial charge in [0.25, 0.3) is 0 Å². The second-order valence-electron chi connectivity index (χ2n) is 5.81. The average Bonchev–Trinajstić information content (AvgIpc) is 2.64. The molecular formula is C15H29N7O3. The highest BCUT2D eigenvalue weighted by Crippen LogP contribution is 2.11. The lowest BCUT2D eigenvalue weighted by molar-refractivity contribution is -0.155. The van der Waals surface area contributed by atoms with Gasteiger partial charge in [-0.2, -0.15) is 5.43 Å². The zero-order valence-corrected chi connectivity index (χ0v) is 15.1. The van der Waals surface area contributed by atoms with E-state index in [1.54, 1.807) is 11.3 Å². The summed E-state index contributed by atoms with van der Waals surface area (Å²) in [7, 11) is 1.88. The van der Waals surface area contributed by atoms with Crippen LogP contribution in [-0.2, 0) is 9.59 Å². The third-order valence-electron chi connectivity index (χ3n) is 3.94. The molecule has 0 radical (unpaired) electrons. The Balaban J connectivity index is 2.60. The van der Waals surface area contributed by atoms with E-state index < -0.39 is 12.2 Å². The van der Waals surface area contributed by atoms with Gasteiger partial charge in [-0.25, -0.2) is 20.1 Å². The molecule has 142 valence electrons. The van der Waals surface area contributed by atoms with Crippen molar-refractivity contribution in [2.24, 2.45) is 15.9 Å². The number of hydrogen-bond donors (Lipinski definition) is 3. The molecule has 0 saturated heterocycles. The molecule has 0 aromatic rings.